The molecule has 0 unspecified atom stereocenters. The topological polar surface area (TPSA) is 9.23 Å². The van der Waals surface area contributed by atoms with Crippen LogP contribution in [0, 0.1) is 0 Å². The molecule has 0 aromatic heterocycles. The molecule has 0 aliphatic rings. The molecule has 0 aliphatic carbocycles. The fraction of sp³-hybridized carbons (Fsp3) is 0.412. The van der Waals surface area contributed by atoms with Gasteiger partial charge in [0, 0.05) is 0 Å². The molecule has 19 heavy (non-hydrogen) atoms. The summed E-state index contributed by atoms with van der Waals surface area (Å²) in [6.07, 6.45) is 0. The van der Waals surface area contributed by atoms with E-state index in [1.54, 1.807) is 0 Å². The van der Waals surface area contributed by atoms with Crippen LogP contribution in [0.3, 0.4) is 0 Å². The van der Waals surface area contributed by atoms with Gasteiger partial charge in [0.15, 0.2) is 8.32 Å². The second kappa shape index (κ2) is 6.35. The molecule has 0 N–H and O–H groups in total. The summed E-state index contributed by atoms with van der Waals surface area (Å²) in [7, 11) is -1.49. The van der Waals surface area contributed by atoms with Gasteiger partial charge in [-0.05, 0) is 34.5 Å². The van der Waals surface area contributed by atoms with Crippen molar-refractivity contribution in [2.45, 2.75) is 45.5 Å². The maximum atomic E-state index is 6.41. The lowest BCUT2D eigenvalue weighted by Gasteiger charge is -2.28. The number of benzene rings is 2. The average molecular weight is 272 g/mol. The van der Waals surface area contributed by atoms with Gasteiger partial charge in [-0.3, -0.25) is 0 Å². The summed E-state index contributed by atoms with van der Waals surface area (Å²) in [5, 5.41) is 2.64. The molecule has 0 aliphatic heterocycles. The molecule has 0 saturated heterocycles. The molecule has 1 nitrogen and oxygen atoms in total. The predicted octanol–water partition coefficient (Wildman–Crippen LogP) is 5.36. The fourth-order valence-electron chi connectivity index (χ4n) is 2.71. The van der Waals surface area contributed by atoms with Crippen molar-refractivity contribution in [3.63, 3.8) is 0 Å². The van der Waals surface area contributed by atoms with Crippen LogP contribution >= 0.6 is 0 Å². The highest BCUT2D eigenvalue weighted by Gasteiger charge is 2.28. The Bertz CT molecular complexity index is 518. The molecule has 0 saturated carbocycles. The molecule has 0 heterocycles. The SMILES string of the molecule is CC[Si](CC)(CC)OCc1cccc2ccccc12. The Kier molecular flexibility index (Phi) is 4.78. The summed E-state index contributed by atoms with van der Waals surface area (Å²) in [5.41, 5.74) is 1.32. The van der Waals surface area contributed by atoms with Crippen LogP contribution in [0.4, 0.5) is 0 Å². The summed E-state index contributed by atoms with van der Waals surface area (Å²) in [5.74, 6) is 0. The van der Waals surface area contributed by atoms with Crippen molar-refractivity contribution in [2.75, 3.05) is 0 Å². The third-order valence-corrected chi connectivity index (χ3v) is 8.97. The van der Waals surface area contributed by atoms with Gasteiger partial charge in [-0.25, -0.2) is 0 Å². The van der Waals surface area contributed by atoms with Gasteiger partial charge in [0.2, 0.25) is 0 Å². The first-order valence-corrected chi connectivity index (χ1v) is 9.88. The second-order valence-corrected chi connectivity index (χ2v) is 9.95. The molecule has 2 heteroatoms. The van der Waals surface area contributed by atoms with E-state index in [-0.39, 0.29) is 0 Å². The normalized spacial score (nSPS) is 11.9. The summed E-state index contributed by atoms with van der Waals surface area (Å²) in [6.45, 7) is 7.61. The molecule has 102 valence electrons. The summed E-state index contributed by atoms with van der Waals surface area (Å²) < 4.78 is 6.41. The molecular formula is C17H24OSi. The van der Waals surface area contributed by atoms with Crippen molar-refractivity contribution in [1.29, 1.82) is 0 Å². The van der Waals surface area contributed by atoms with E-state index in [1.165, 1.54) is 34.5 Å². The van der Waals surface area contributed by atoms with Crippen LogP contribution in [-0.4, -0.2) is 8.32 Å². The Morgan fingerprint density at radius 2 is 1.47 bits per heavy atom. The lowest BCUT2D eigenvalue weighted by molar-refractivity contribution is 0.289. The zero-order chi connectivity index (χ0) is 13.7. The van der Waals surface area contributed by atoms with Gasteiger partial charge in [0.05, 0.1) is 6.61 Å². The zero-order valence-electron chi connectivity index (χ0n) is 12.3. The molecule has 0 atom stereocenters. The third-order valence-electron chi connectivity index (χ3n) is 4.35. The van der Waals surface area contributed by atoms with Gasteiger partial charge in [-0.1, -0.05) is 63.2 Å². The van der Waals surface area contributed by atoms with E-state index in [1.807, 2.05) is 0 Å². The van der Waals surface area contributed by atoms with E-state index < -0.39 is 8.32 Å². The van der Waals surface area contributed by atoms with Crippen molar-refractivity contribution in [1.82, 2.24) is 0 Å². The number of hydrogen-bond donors (Lipinski definition) is 0. The van der Waals surface area contributed by atoms with E-state index in [2.05, 4.69) is 63.2 Å². The highest BCUT2D eigenvalue weighted by atomic mass is 28.4. The van der Waals surface area contributed by atoms with Crippen LogP contribution < -0.4 is 0 Å². The molecule has 2 aromatic carbocycles. The van der Waals surface area contributed by atoms with E-state index >= 15 is 0 Å². The molecule has 2 aromatic rings. The molecule has 0 fully saturated rings. The zero-order valence-corrected chi connectivity index (χ0v) is 13.3. The largest absolute Gasteiger partial charge is 0.413 e. The highest BCUT2D eigenvalue weighted by molar-refractivity contribution is 6.73. The van der Waals surface area contributed by atoms with E-state index in [4.69, 9.17) is 4.43 Å². The number of rotatable bonds is 6. The van der Waals surface area contributed by atoms with E-state index in [0.29, 0.717) is 0 Å². The Morgan fingerprint density at radius 3 is 2.16 bits per heavy atom. The Balaban J connectivity index is 2.22. The second-order valence-electron chi connectivity index (χ2n) is 5.17. The van der Waals surface area contributed by atoms with Gasteiger partial charge >= 0.3 is 0 Å². The van der Waals surface area contributed by atoms with Crippen LogP contribution in [-0.2, 0) is 11.0 Å². The van der Waals surface area contributed by atoms with Gasteiger partial charge in [0.25, 0.3) is 0 Å². The lowest BCUT2D eigenvalue weighted by atomic mass is 10.1. The van der Waals surface area contributed by atoms with E-state index in [0.717, 1.165) is 6.61 Å². The van der Waals surface area contributed by atoms with Crippen LogP contribution in [0.2, 0.25) is 18.1 Å². The highest BCUT2D eigenvalue weighted by Crippen LogP contribution is 2.25. The molecule has 0 bridgehead atoms. The van der Waals surface area contributed by atoms with Gasteiger partial charge in [-0.15, -0.1) is 0 Å². The van der Waals surface area contributed by atoms with Crippen molar-refractivity contribution < 1.29 is 4.43 Å². The van der Waals surface area contributed by atoms with E-state index in [9.17, 15) is 0 Å². The standard InChI is InChI=1S/C17H24OSi/c1-4-19(5-2,6-3)18-14-16-12-9-11-15-10-7-8-13-17(15)16/h7-13H,4-6,14H2,1-3H3. The van der Waals surface area contributed by atoms with Crippen LogP contribution in [0.5, 0.6) is 0 Å². The Labute approximate surface area is 117 Å². The minimum atomic E-state index is -1.49. The van der Waals surface area contributed by atoms with Crippen LogP contribution in [0.1, 0.15) is 26.3 Å². The minimum absolute atomic E-state index is 0.767. The fourth-order valence-corrected chi connectivity index (χ4v) is 5.28. The average Bonchev–Trinajstić information content (AvgIpc) is 2.49. The Morgan fingerprint density at radius 1 is 0.842 bits per heavy atom. The van der Waals surface area contributed by atoms with Crippen LogP contribution in [0.15, 0.2) is 42.5 Å². The maximum Gasteiger partial charge on any atom is 0.192 e. The summed E-state index contributed by atoms with van der Waals surface area (Å²) >= 11 is 0. The summed E-state index contributed by atoms with van der Waals surface area (Å²) in [6, 6.07) is 18.7. The van der Waals surface area contributed by atoms with Crippen molar-refractivity contribution in [2.24, 2.45) is 0 Å². The van der Waals surface area contributed by atoms with Gasteiger partial charge in [0.1, 0.15) is 0 Å². The molecule has 0 spiro atoms. The number of fused-ring (bicyclic) bond motifs is 1. The quantitative estimate of drug-likeness (QED) is 0.643. The molecule has 0 amide bonds. The molecule has 2 rings (SSSR count). The monoisotopic (exact) mass is 272 g/mol. The van der Waals surface area contributed by atoms with Crippen LogP contribution in [0.25, 0.3) is 10.8 Å². The first-order chi connectivity index (χ1) is 9.24. The molecule has 0 radical (unpaired) electrons. The first kappa shape index (κ1) is 14.3. The van der Waals surface area contributed by atoms with Crippen molar-refractivity contribution in [3.05, 3.63) is 48.0 Å². The van der Waals surface area contributed by atoms with Crippen molar-refractivity contribution >= 4 is 19.1 Å². The molecular weight excluding hydrogens is 248 g/mol. The predicted molar refractivity (Wildman–Crippen MR) is 85.9 cm³/mol. The van der Waals surface area contributed by atoms with Crippen molar-refractivity contribution in [3.8, 4) is 0 Å². The first-order valence-electron chi connectivity index (χ1n) is 7.35. The van der Waals surface area contributed by atoms with Gasteiger partial charge < -0.3 is 4.43 Å². The third kappa shape index (κ3) is 3.07. The minimum Gasteiger partial charge on any atom is -0.413 e. The number of hydrogen-bond acceptors (Lipinski definition) is 1. The van der Waals surface area contributed by atoms with Gasteiger partial charge in [-0.2, -0.15) is 0 Å². The maximum absolute atomic E-state index is 6.41. The lowest BCUT2D eigenvalue weighted by Crippen LogP contribution is -2.35. The smallest absolute Gasteiger partial charge is 0.192 e. The summed E-state index contributed by atoms with van der Waals surface area (Å²) in [4.78, 5) is 0. The Hall–Kier alpha value is -1.12.